The molecule has 1 aromatic rings. The normalized spacial score (nSPS) is 33.5. The minimum atomic E-state index is -2.70. The van der Waals surface area contributed by atoms with Crippen LogP contribution in [0, 0.1) is 23.7 Å². The molecule has 2 fully saturated rings. The van der Waals surface area contributed by atoms with E-state index in [4.69, 9.17) is 5.73 Å². The quantitative estimate of drug-likeness (QED) is 0.481. The number of carbonyl (C=O) groups excluding carboxylic acids is 5. The van der Waals surface area contributed by atoms with Gasteiger partial charge in [-0.3, -0.25) is 28.9 Å². The first-order chi connectivity index (χ1) is 15.3. The number of hydrogen-bond acceptors (Lipinski definition) is 9. The van der Waals surface area contributed by atoms with E-state index in [0.29, 0.717) is 11.3 Å². The molecule has 0 saturated heterocycles. The number of ketones is 4. The second-order valence-electron chi connectivity index (χ2n) is 9.65. The van der Waals surface area contributed by atoms with E-state index in [0.717, 1.165) is 0 Å². The Balaban J connectivity index is 1.86. The number of aromatic hydroxyl groups is 1. The number of primary amides is 1. The van der Waals surface area contributed by atoms with Gasteiger partial charge in [-0.05, 0) is 44.5 Å². The molecule has 10 nitrogen and oxygen atoms in total. The van der Waals surface area contributed by atoms with Crippen LogP contribution >= 0.6 is 0 Å². The highest BCUT2D eigenvalue weighted by Gasteiger charge is 2.69. The summed E-state index contributed by atoms with van der Waals surface area (Å²) in [5, 5.41) is 22.2. The zero-order valence-corrected chi connectivity index (χ0v) is 18.9. The molecule has 0 heterocycles. The number of Topliss-reactive ketones (excluding diaryl/α,β-unsaturated/α-hetero) is 4. The maximum Gasteiger partial charge on any atom is 0.235 e. The fourth-order valence-corrected chi connectivity index (χ4v) is 5.93. The standard InChI is InChI=1S/C23H27N3O7/c1-25(2)12-6-5-9-7-10-8-11-16(26(3)4)19(29)15(22(24)32)21(31)23(11,33)20(30)14(10)18(28)13(9)17(12)27/h5-6,10-11,14-16,27,33H,7-8H2,1-4H3,(H2,24,32)/t10-,11-,14?,15?,16-,23-/m0/s1. The lowest BCUT2D eigenvalue weighted by Gasteiger charge is -2.52. The molecule has 4 rings (SSSR count). The van der Waals surface area contributed by atoms with Gasteiger partial charge in [-0.2, -0.15) is 0 Å². The minimum absolute atomic E-state index is 0.00667. The summed E-state index contributed by atoms with van der Waals surface area (Å²) in [6.45, 7) is 0. The van der Waals surface area contributed by atoms with E-state index < -0.39 is 64.4 Å². The molecule has 4 N–H and O–H groups in total. The summed E-state index contributed by atoms with van der Waals surface area (Å²) < 4.78 is 0. The fourth-order valence-electron chi connectivity index (χ4n) is 5.93. The van der Waals surface area contributed by atoms with Crippen molar-refractivity contribution < 1.29 is 34.2 Å². The Labute approximate surface area is 190 Å². The highest BCUT2D eigenvalue weighted by molar-refractivity contribution is 6.32. The Morgan fingerprint density at radius 2 is 1.73 bits per heavy atom. The van der Waals surface area contributed by atoms with Gasteiger partial charge in [-0.1, -0.05) is 6.07 Å². The summed E-state index contributed by atoms with van der Waals surface area (Å²) in [7, 11) is 6.49. The maximum absolute atomic E-state index is 13.7. The number of aliphatic hydroxyl groups is 1. The number of phenolic OH excluding ortho intramolecular Hbond substituents is 1. The number of nitrogens with zero attached hydrogens (tertiary/aromatic N) is 2. The Kier molecular flexibility index (Phi) is 5.21. The van der Waals surface area contributed by atoms with Crippen molar-refractivity contribution in [3.05, 3.63) is 23.3 Å². The smallest absolute Gasteiger partial charge is 0.235 e. The molecule has 33 heavy (non-hydrogen) atoms. The number of phenols is 1. The lowest BCUT2D eigenvalue weighted by Crippen LogP contribution is -2.74. The average Bonchev–Trinajstić information content (AvgIpc) is 2.70. The first kappa shape index (κ1) is 23.1. The van der Waals surface area contributed by atoms with Gasteiger partial charge in [0, 0.05) is 20.0 Å². The molecule has 0 aromatic heterocycles. The van der Waals surface area contributed by atoms with Crippen LogP contribution < -0.4 is 10.6 Å². The number of rotatable bonds is 3. The minimum Gasteiger partial charge on any atom is -0.505 e. The van der Waals surface area contributed by atoms with Crippen LogP contribution in [0.4, 0.5) is 5.69 Å². The molecular weight excluding hydrogens is 430 g/mol. The van der Waals surface area contributed by atoms with Crippen molar-refractivity contribution in [1.29, 1.82) is 0 Å². The maximum atomic E-state index is 13.7. The topological polar surface area (TPSA) is 158 Å². The first-order valence-corrected chi connectivity index (χ1v) is 10.7. The predicted octanol–water partition coefficient (Wildman–Crippen LogP) is -1.07. The number of amides is 1. The van der Waals surface area contributed by atoms with Crippen molar-refractivity contribution in [2.24, 2.45) is 29.4 Å². The van der Waals surface area contributed by atoms with Gasteiger partial charge in [0.2, 0.25) is 5.91 Å². The van der Waals surface area contributed by atoms with Crippen LogP contribution in [0.3, 0.4) is 0 Å². The zero-order valence-electron chi connectivity index (χ0n) is 18.9. The Bertz CT molecular complexity index is 1110. The summed E-state index contributed by atoms with van der Waals surface area (Å²) in [5.74, 6) is -10.3. The summed E-state index contributed by atoms with van der Waals surface area (Å²) in [6.07, 6.45) is 0.299. The zero-order chi connectivity index (χ0) is 24.6. The van der Waals surface area contributed by atoms with Crippen LogP contribution in [0.5, 0.6) is 5.75 Å². The van der Waals surface area contributed by atoms with Gasteiger partial charge >= 0.3 is 0 Å². The molecular formula is C23H27N3O7. The molecule has 3 aliphatic rings. The molecule has 2 saturated carbocycles. The summed E-state index contributed by atoms with van der Waals surface area (Å²) >= 11 is 0. The molecule has 6 atom stereocenters. The van der Waals surface area contributed by atoms with Crippen molar-refractivity contribution >= 4 is 34.7 Å². The van der Waals surface area contributed by atoms with Crippen LogP contribution in [0.2, 0.25) is 0 Å². The van der Waals surface area contributed by atoms with Crippen molar-refractivity contribution in [1.82, 2.24) is 4.90 Å². The molecule has 1 aromatic carbocycles. The number of fused-ring (bicyclic) bond motifs is 3. The number of hydrogen-bond donors (Lipinski definition) is 3. The molecule has 1 amide bonds. The van der Waals surface area contributed by atoms with Crippen LogP contribution in [0.15, 0.2) is 12.1 Å². The largest absolute Gasteiger partial charge is 0.505 e. The number of nitrogens with two attached hydrogens (primary N) is 1. The third-order valence-corrected chi connectivity index (χ3v) is 7.39. The van der Waals surface area contributed by atoms with Gasteiger partial charge in [0.15, 0.2) is 34.7 Å². The second kappa shape index (κ2) is 7.46. The van der Waals surface area contributed by atoms with Gasteiger partial charge in [0.25, 0.3) is 0 Å². The summed E-state index contributed by atoms with van der Waals surface area (Å²) in [5.41, 5.74) is 3.54. The molecule has 0 bridgehead atoms. The van der Waals surface area contributed by atoms with E-state index in [1.165, 1.54) is 4.90 Å². The van der Waals surface area contributed by atoms with Crippen molar-refractivity contribution in [2.75, 3.05) is 33.1 Å². The van der Waals surface area contributed by atoms with Crippen molar-refractivity contribution in [3.8, 4) is 5.75 Å². The summed E-state index contributed by atoms with van der Waals surface area (Å²) in [6, 6.07) is 2.29. The molecule has 2 unspecified atom stereocenters. The number of benzene rings is 1. The van der Waals surface area contributed by atoms with E-state index in [-0.39, 0.29) is 24.2 Å². The number of carbonyl (C=O) groups is 5. The first-order valence-electron chi connectivity index (χ1n) is 10.7. The van der Waals surface area contributed by atoms with Gasteiger partial charge in [-0.25, -0.2) is 0 Å². The predicted molar refractivity (Wildman–Crippen MR) is 116 cm³/mol. The van der Waals surface area contributed by atoms with E-state index in [1.807, 2.05) is 0 Å². The van der Waals surface area contributed by atoms with Gasteiger partial charge < -0.3 is 20.8 Å². The highest BCUT2D eigenvalue weighted by atomic mass is 16.3. The molecule has 0 aliphatic heterocycles. The highest BCUT2D eigenvalue weighted by Crippen LogP contribution is 2.51. The Morgan fingerprint density at radius 3 is 2.27 bits per heavy atom. The summed E-state index contributed by atoms with van der Waals surface area (Å²) in [4.78, 5) is 68.4. The molecule has 176 valence electrons. The molecule has 10 heteroatoms. The lowest BCUT2D eigenvalue weighted by atomic mass is 9.52. The fraction of sp³-hybridized carbons (Fsp3) is 0.522. The lowest BCUT2D eigenvalue weighted by molar-refractivity contribution is -0.181. The van der Waals surface area contributed by atoms with Crippen LogP contribution in [-0.2, 0) is 25.6 Å². The van der Waals surface area contributed by atoms with E-state index >= 15 is 0 Å². The Hall–Kier alpha value is -3.11. The van der Waals surface area contributed by atoms with Crippen molar-refractivity contribution in [2.45, 2.75) is 24.5 Å². The third kappa shape index (κ3) is 2.97. The second-order valence-corrected chi connectivity index (χ2v) is 9.65. The van der Waals surface area contributed by atoms with Crippen LogP contribution in [0.1, 0.15) is 22.3 Å². The van der Waals surface area contributed by atoms with Crippen molar-refractivity contribution in [3.63, 3.8) is 0 Å². The van der Waals surface area contributed by atoms with E-state index in [2.05, 4.69) is 0 Å². The van der Waals surface area contributed by atoms with E-state index in [1.54, 1.807) is 45.2 Å². The molecule has 0 radical (unpaired) electrons. The third-order valence-electron chi connectivity index (χ3n) is 7.39. The molecule has 3 aliphatic carbocycles. The van der Waals surface area contributed by atoms with Crippen LogP contribution in [-0.4, -0.2) is 84.0 Å². The average molecular weight is 457 g/mol. The van der Waals surface area contributed by atoms with Gasteiger partial charge in [-0.15, -0.1) is 0 Å². The van der Waals surface area contributed by atoms with Gasteiger partial charge in [0.05, 0.1) is 23.2 Å². The number of likely N-dealkylation sites (N-methyl/N-ethyl adjacent to an activating group) is 1. The number of anilines is 1. The Morgan fingerprint density at radius 1 is 1.09 bits per heavy atom. The van der Waals surface area contributed by atoms with E-state index in [9.17, 15) is 34.2 Å². The van der Waals surface area contributed by atoms with Crippen LogP contribution in [0.25, 0.3) is 0 Å². The monoisotopic (exact) mass is 457 g/mol. The SMILES string of the molecule is CN(C)c1ccc2c(c1O)C(=O)C1C(=O)[C@]3(O)C(=O)C(C(N)=O)C(=O)[C@@H](N(C)C)[C@@H]3C[C@@H]1C2. The van der Waals surface area contributed by atoms with Gasteiger partial charge in [0.1, 0.15) is 5.75 Å². The molecule has 0 spiro atoms.